The number of hydrogen-bond acceptors (Lipinski definition) is 2. The van der Waals surface area contributed by atoms with E-state index in [-0.39, 0.29) is 12.2 Å². The summed E-state index contributed by atoms with van der Waals surface area (Å²) in [5.74, 6) is 0.674. The van der Waals surface area contributed by atoms with E-state index in [0.717, 1.165) is 25.9 Å². The van der Waals surface area contributed by atoms with E-state index in [2.05, 4.69) is 13.8 Å². The minimum absolute atomic E-state index is 0.191. The molecule has 0 spiro atoms. The van der Waals surface area contributed by atoms with Crippen molar-refractivity contribution < 1.29 is 9.53 Å². The standard InChI is InChI=1S/C13H23NO2/c1-10-8-14(9-11(2)16-10)13(15)12-6-4-3-5-7-12/h10-12H,3-9H2,1-2H3/t10-,11?/m0/s1. The molecule has 0 aromatic rings. The van der Waals surface area contributed by atoms with Crippen molar-refractivity contribution in [2.24, 2.45) is 5.92 Å². The van der Waals surface area contributed by atoms with Gasteiger partial charge in [-0.2, -0.15) is 0 Å². The van der Waals surface area contributed by atoms with E-state index >= 15 is 0 Å². The lowest BCUT2D eigenvalue weighted by Crippen LogP contribution is -2.50. The number of morpholine rings is 1. The van der Waals surface area contributed by atoms with Gasteiger partial charge >= 0.3 is 0 Å². The summed E-state index contributed by atoms with van der Waals surface area (Å²) in [7, 11) is 0. The number of rotatable bonds is 1. The Labute approximate surface area is 98.1 Å². The highest BCUT2D eigenvalue weighted by molar-refractivity contribution is 5.79. The predicted molar refractivity (Wildman–Crippen MR) is 63.2 cm³/mol. The van der Waals surface area contributed by atoms with Gasteiger partial charge in [-0.25, -0.2) is 0 Å². The fourth-order valence-corrected chi connectivity index (χ4v) is 2.97. The van der Waals surface area contributed by atoms with Crippen molar-refractivity contribution in [3.05, 3.63) is 0 Å². The van der Waals surface area contributed by atoms with Crippen LogP contribution in [0.25, 0.3) is 0 Å². The van der Waals surface area contributed by atoms with Crippen LogP contribution in [0.4, 0.5) is 0 Å². The molecule has 2 aliphatic rings. The predicted octanol–water partition coefficient (Wildman–Crippen LogP) is 2.20. The minimum Gasteiger partial charge on any atom is -0.372 e. The van der Waals surface area contributed by atoms with E-state index in [4.69, 9.17) is 4.74 Å². The van der Waals surface area contributed by atoms with Gasteiger partial charge in [-0.15, -0.1) is 0 Å². The highest BCUT2D eigenvalue weighted by atomic mass is 16.5. The van der Waals surface area contributed by atoms with Gasteiger partial charge in [-0.1, -0.05) is 19.3 Å². The molecule has 1 amide bonds. The van der Waals surface area contributed by atoms with Crippen LogP contribution in [-0.2, 0) is 9.53 Å². The molecule has 0 N–H and O–H groups in total. The number of amides is 1. The summed E-state index contributed by atoms with van der Waals surface area (Å²) in [4.78, 5) is 14.3. The number of carbonyl (C=O) groups is 1. The zero-order valence-corrected chi connectivity index (χ0v) is 10.4. The van der Waals surface area contributed by atoms with Gasteiger partial charge in [-0.3, -0.25) is 4.79 Å². The molecule has 0 radical (unpaired) electrons. The number of carbonyl (C=O) groups excluding carboxylic acids is 1. The summed E-state index contributed by atoms with van der Waals surface area (Å²) in [6, 6.07) is 0. The second-order valence-corrected chi connectivity index (χ2v) is 5.34. The lowest BCUT2D eigenvalue weighted by Gasteiger charge is -2.37. The topological polar surface area (TPSA) is 29.5 Å². The molecule has 2 fully saturated rings. The van der Waals surface area contributed by atoms with Gasteiger partial charge in [0.25, 0.3) is 0 Å². The molecule has 1 aliphatic heterocycles. The number of nitrogens with zero attached hydrogens (tertiary/aromatic N) is 1. The Hall–Kier alpha value is -0.570. The van der Waals surface area contributed by atoms with E-state index in [9.17, 15) is 4.79 Å². The van der Waals surface area contributed by atoms with Gasteiger partial charge < -0.3 is 9.64 Å². The Morgan fingerprint density at radius 3 is 2.19 bits per heavy atom. The maximum absolute atomic E-state index is 12.3. The molecule has 1 aliphatic carbocycles. The second-order valence-electron chi connectivity index (χ2n) is 5.34. The van der Waals surface area contributed by atoms with Crippen LogP contribution in [0.5, 0.6) is 0 Å². The maximum atomic E-state index is 12.3. The number of hydrogen-bond donors (Lipinski definition) is 0. The zero-order valence-electron chi connectivity index (χ0n) is 10.4. The van der Waals surface area contributed by atoms with Crippen LogP contribution < -0.4 is 0 Å². The Kier molecular flexibility index (Phi) is 3.85. The highest BCUT2D eigenvalue weighted by Crippen LogP contribution is 2.26. The molecule has 0 aromatic heterocycles. The van der Waals surface area contributed by atoms with Gasteiger partial charge in [0.15, 0.2) is 0 Å². The quantitative estimate of drug-likeness (QED) is 0.684. The van der Waals surface area contributed by atoms with Crippen molar-refractivity contribution in [2.75, 3.05) is 13.1 Å². The molecule has 92 valence electrons. The molecule has 1 saturated carbocycles. The van der Waals surface area contributed by atoms with Crippen LogP contribution in [-0.4, -0.2) is 36.1 Å². The first-order valence-corrected chi connectivity index (χ1v) is 6.61. The molecule has 16 heavy (non-hydrogen) atoms. The Morgan fingerprint density at radius 1 is 1.06 bits per heavy atom. The van der Waals surface area contributed by atoms with Gasteiger partial charge in [0.2, 0.25) is 5.91 Å². The molecule has 2 atom stereocenters. The number of ether oxygens (including phenoxy) is 1. The third kappa shape index (κ3) is 2.76. The third-order valence-corrected chi connectivity index (χ3v) is 3.69. The van der Waals surface area contributed by atoms with Gasteiger partial charge in [0.1, 0.15) is 0 Å². The Morgan fingerprint density at radius 2 is 1.62 bits per heavy atom. The van der Waals surface area contributed by atoms with Crippen LogP contribution in [0.3, 0.4) is 0 Å². The van der Waals surface area contributed by atoms with Crippen LogP contribution in [0.2, 0.25) is 0 Å². The summed E-state index contributed by atoms with van der Waals surface area (Å²) >= 11 is 0. The largest absolute Gasteiger partial charge is 0.372 e. The molecule has 1 saturated heterocycles. The van der Waals surface area contributed by atoms with Crippen molar-refractivity contribution in [3.8, 4) is 0 Å². The van der Waals surface area contributed by atoms with Crippen molar-refractivity contribution in [1.82, 2.24) is 4.90 Å². The van der Waals surface area contributed by atoms with Gasteiger partial charge in [0.05, 0.1) is 12.2 Å². The second kappa shape index (κ2) is 5.17. The van der Waals surface area contributed by atoms with Crippen LogP contribution in [0.15, 0.2) is 0 Å². The summed E-state index contributed by atoms with van der Waals surface area (Å²) in [5.41, 5.74) is 0. The van der Waals surface area contributed by atoms with Crippen molar-refractivity contribution in [3.63, 3.8) is 0 Å². The molecule has 0 aromatic carbocycles. The third-order valence-electron chi connectivity index (χ3n) is 3.69. The molecular formula is C13H23NO2. The Bertz CT molecular complexity index is 238. The van der Waals surface area contributed by atoms with Crippen molar-refractivity contribution in [2.45, 2.75) is 58.2 Å². The molecular weight excluding hydrogens is 202 g/mol. The maximum Gasteiger partial charge on any atom is 0.225 e. The summed E-state index contributed by atoms with van der Waals surface area (Å²) in [5, 5.41) is 0. The fourth-order valence-electron chi connectivity index (χ4n) is 2.97. The minimum atomic E-state index is 0.191. The van der Waals surface area contributed by atoms with Crippen molar-refractivity contribution in [1.29, 1.82) is 0 Å². The van der Waals surface area contributed by atoms with Gasteiger partial charge in [-0.05, 0) is 26.7 Å². The van der Waals surface area contributed by atoms with E-state index in [1.54, 1.807) is 0 Å². The van der Waals surface area contributed by atoms with E-state index in [1.165, 1.54) is 19.3 Å². The SMILES string of the molecule is CC1CN(C(=O)C2CCCCC2)C[C@H](C)O1. The Balaban J connectivity index is 1.92. The molecule has 1 unspecified atom stereocenters. The zero-order chi connectivity index (χ0) is 11.5. The van der Waals surface area contributed by atoms with E-state index in [1.807, 2.05) is 4.90 Å². The average molecular weight is 225 g/mol. The smallest absolute Gasteiger partial charge is 0.225 e. The highest BCUT2D eigenvalue weighted by Gasteiger charge is 2.30. The molecule has 3 nitrogen and oxygen atoms in total. The monoisotopic (exact) mass is 225 g/mol. The summed E-state index contributed by atoms with van der Waals surface area (Å²) < 4.78 is 5.66. The normalized spacial score (nSPS) is 32.8. The average Bonchev–Trinajstić information content (AvgIpc) is 2.28. The summed E-state index contributed by atoms with van der Waals surface area (Å²) in [6.07, 6.45) is 6.34. The fraction of sp³-hybridized carbons (Fsp3) is 0.923. The first-order chi connectivity index (χ1) is 7.66. The molecule has 0 bridgehead atoms. The van der Waals surface area contributed by atoms with Crippen LogP contribution in [0.1, 0.15) is 46.0 Å². The van der Waals surface area contributed by atoms with Crippen LogP contribution in [0, 0.1) is 5.92 Å². The first-order valence-electron chi connectivity index (χ1n) is 6.61. The molecule has 1 heterocycles. The van der Waals surface area contributed by atoms with E-state index in [0.29, 0.717) is 11.8 Å². The van der Waals surface area contributed by atoms with Crippen molar-refractivity contribution >= 4 is 5.91 Å². The lowest BCUT2D eigenvalue weighted by molar-refractivity contribution is -0.148. The van der Waals surface area contributed by atoms with E-state index < -0.39 is 0 Å². The van der Waals surface area contributed by atoms with Crippen LogP contribution >= 0.6 is 0 Å². The first kappa shape index (κ1) is 11.9. The lowest BCUT2D eigenvalue weighted by atomic mass is 9.88. The molecule has 3 heteroatoms. The van der Waals surface area contributed by atoms with Gasteiger partial charge in [0, 0.05) is 19.0 Å². The molecule has 2 rings (SSSR count). The summed E-state index contributed by atoms with van der Waals surface area (Å²) in [6.45, 7) is 5.66.